The summed E-state index contributed by atoms with van der Waals surface area (Å²) in [7, 11) is 0. The zero-order valence-corrected chi connectivity index (χ0v) is 18.0. The fourth-order valence-corrected chi connectivity index (χ4v) is 4.25. The van der Waals surface area contributed by atoms with Crippen LogP contribution in [0.15, 0.2) is 21.1 Å². The maximum Gasteiger partial charge on any atom is 0.255 e. The Kier molecular flexibility index (Phi) is 6.37. The first kappa shape index (κ1) is 19.8. The molecule has 2 heterocycles. The van der Waals surface area contributed by atoms with E-state index in [0.29, 0.717) is 59.5 Å². The van der Waals surface area contributed by atoms with Crippen molar-refractivity contribution in [2.75, 3.05) is 39.4 Å². The molecule has 2 aliphatic heterocycles. The molecule has 2 aliphatic rings. The molecule has 3 rings (SSSR count). The molecule has 2 atom stereocenters. The van der Waals surface area contributed by atoms with Gasteiger partial charge in [-0.25, -0.2) is 0 Å². The van der Waals surface area contributed by atoms with E-state index in [-0.39, 0.29) is 24.0 Å². The number of nitrogens with zero attached hydrogens (tertiary/aromatic N) is 2. The predicted molar refractivity (Wildman–Crippen MR) is 104 cm³/mol. The normalized spacial score (nSPS) is 23.8. The van der Waals surface area contributed by atoms with Crippen LogP contribution in [0, 0.1) is 0 Å². The van der Waals surface area contributed by atoms with Crippen molar-refractivity contribution in [1.82, 2.24) is 9.80 Å². The molecule has 2 amide bonds. The lowest BCUT2D eigenvalue weighted by Crippen LogP contribution is -2.45. The van der Waals surface area contributed by atoms with E-state index in [9.17, 15) is 9.59 Å². The third kappa shape index (κ3) is 4.30. The summed E-state index contributed by atoms with van der Waals surface area (Å²) in [5.74, 6) is -0.126. The molecule has 2 saturated heterocycles. The molecule has 0 saturated carbocycles. The van der Waals surface area contributed by atoms with Gasteiger partial charge in [0.1, 0.15) is 0 Å². The summed E-state index contributed by atoms with van der Waals surface area (Å²) < 4.78 is 12.2. The highest BCUT2D eigenvalue weighted by Gasteiger charge is 2.28. The van der Waals surface area contributed by atoms with Gasteiger partial charge < -0.3 is 19.3 Å². The van der Waals surface area contributed by atoms with Crippen molar-refractivity contribution >= 4 is 43.7 Å². The highest BCUT2D eigenvalue weighted by Crippen LogP contribution is 2.29. The number of hydrogen-bond donors (Lipinski definition) is 0. The Morgan fingerprint density at radius 1 is 0.885 bits per heavy atom. The average molecular weight is 490 g/mol. The molecule has 0 radical (unpaired) electrons. The van der Waals surface area contributed by atoms with Gasteiger partial charge in [0.15, 0.2) is 0 Å². The Labute approximate surface area is 170 Å². The molecule has 0 bridgehead atoms. The molecule has 142 valence electrons. The molecular weight excluding hydrogens is 468 g/mol. The number of benzene rings is 1. The molecule has 2 fully saturated rings. The molecule has 0 spiro atoms. The van der Waals surface area contributed by atoms with Crippen LogP contribution in [0.25, 0.3) is 0 Å². The van der Waals surface area contributed by atoms with Gasteiger partial charge in [0, 0.05) is 35.1 Å². The van der Waals surface area contributed by atoms with Gasteiger partial charge in [0.2, 0.25) is 0 Å². The molecule has 6 nitrogen and oxygen atoms in total. The highest BCUT2D eigenvalue weighted by molar-refractivity contribution is 9.11. The monoisotopic (exact) mass is 488 g/mol. The van der Waals surface area contributed by atoms with Crippen LogP contribution in [0.4, 0.5) is 0 Å². The van der Waals surface area contributed by atoms with Gasteiger partial charge in [-0.1, -0.05) is 0 Å². The summed E-state index contributed by atoms with van der Waals surface area (Å²) in [6.07, 6.45) is 0.0538. The van der Waals surface area contributed by atoms with E-state index >= 15 is 0 Å². The zero-order valence-electron chi connectivity index (χ0n) is 14.8. The lowest BCUT2D eigenvalue weighted by atomic mass is 10.1. The Bertz CT molecular complexity index is 653. The van der Waals surface area contributed by atoms with E-state index in [4.69, 9.17) is 9.47 Å². The van der Waals surface area contributed by atoms with E-state index in [2.05, 4.69) is 31.9 Å². The number of halogens is 2. The number of morpholine rings is 2. The molecule has 2 unspecified atom stereocenters. The standard InChI is InChI=1S/C18H22Br2N2O4/c1-11-9-21(3-5-25-11)17(23)13-7-16(20)14(8-15(13)19)18(24)22-4-6-26-12(2)10-22/h7-8,11-12H,3-6,9-10H2,1-2H3. The molecule has 0 aromatic heterocycles. The van der Waals surface area contributed by atoms with Gasteiger partial charge in [-0.15, -0.1) is 0 Å². The second-order valence-electron chi connectivity index (χ2n) is 6.68. The summed E-state index contributed by atoms with van der Waals surface area (Å²) in [6.45, 7) is 7.25. The van der Waals surface area contributed by atoms with E-state index in [0.717, 1.165) is 0 Å². The third-order valence-electron chi connectivity index (χ3n) is 4.57. The summed E-state index contributed by atoms with van der Waals surface area (Å²) in [6, 6.07) is 3.45. The summed E-state index contributed by atoms with van der Waals surface area (Å²) in [5, 5.41) is 0. The SMILES string of the molecule is CC1CN(C(=O)c2cc(Br)c(C(=O)N3CCOC(C)C3)cc2Br)CCO1. The van der Waals surface area contributed by atoms with Crippen LogP contribution < -0.4 is 0 Å². The van der Waals surface area contributed by atoms with Gasteiger partial charge >= 0.3 is 0 Å². The average Bonchev–Trinajstić information content (AvgIpc) is 2.62. The van der Waals surface area contributed by atoms with E-state index in [1.165, 1.54) is 0 Å². The lowest BCUT2D eigenvalue weighted by molar-refractivity contribution is -0.0126. The van der Waals surface area contributed by atoms with Crippen molar-refractivity contribution in [1.29, 1.82) is 0 Å². The molecule has 0 N–H and O–H groups in total. The summed E-state index contributed by atoms with van der Waals surface area (Å²) in [4.78, 5) is 29.3. The minimum Gasteiger partial charge on any atom is -0.375 e. The van der Waals surface area contributed by atoms with Crippen LogP contribution >= 0.6 is 31.9 Å². The Hall–Kier alpha value is -0.960. The quantitative estimate of drug-likeness (QED) is 0.640. The fraction of sp³-hybridized carbons (Fsp3) is 0.556. The van der Waals surface area contributed by atoms with Crippen LogP contribution in [0.1, 0.15) is 34.6 Å². The Morgan fingerprint density at radius 2 is 1.27 bits per heavy atom. The first-order valence-electron chi connectivity index (χ1n) is 8.67. The van der Waals surface area contributed by atoms with E-state index in [1.807, 2.05) is 13.8 Å². The van der Waals surface area contributed by atoms with Crippen LogP contribution in [0.2, 0.25) is 0 Å². The van der Waals surface area contributed by atoms with Gasteiger partial charge in [-0.2, -0.15) is 0 Å². The third-order valence-corrected chi connectivity index (χ3v) is 5.89. The van der Waals surface area contributed by atoms with Crippen molar-refractivity contribution < 1.29 is 19.1 Å². The first-order valence-corrected chi connectivity index (χ1v) is 10.3. The summed E-state index contributed by atoms with van der Waals surface area (Å²) in [5.41, 5.74) is 1.08. The van der Waals surface area contributed by atoms with Crippen LogP contribution in [-0.2, 0) is 9.47 Å². The Morgan fingerprint density at radius 3 is 1.62 bits per heavy atom. The van der Waals surface area contributed by atoms with E-state index < -0.39 is 0 Å². The van der Waals surface area contributed by atoms with E-state index in [1.54, 1.807) is 21.9 Å². The van der Waals surface area contributed by atoms with Gasteiger partial charge in [0.25, 0.3) is 11.8 Å². The van der Waals surface area contributed by atoms with Crippen molar-refractivity contribution in [3.8, 4) is 0 Å². The number of amides is 2. The lowest BCUT2D eigenvalue weighted by Gasteiger charge is -2.32. The second-order valence-corrected chi connectivity index (χ2v) is 8.39. The van der Waals surface area contributed by atoms with Gasteiger partial charge in [-0.3, -0.25) is 9.59 Å². The molecule has 0 aliphatic carbocycles. The predicted octanol–water partition coefficient (Wildman–Crippen LogP) is 2.93. The summed E-state index contributed by atoms with van der Waals surface area (Å²) >= 11 is 6.95. The van der Waals surface area contributed by atoms with Crippen LogP contribution in [0.5, 0.6) is 0 Å². The topological polar surface area (TPSA) is 59.1 Å². The maximum atomic E-state index is 12.9. The first-order chi connectivity index (χ1) is 12.4. The van der Waals surface area contributed by atoms with Gasteiger partial charge in [-0.05, 0) is 57.8 Å². The maximum absolute atomic E-state index is 12.9. The Balaban J connectivity index is 1.81. The highest BCUT2D eigenvalue weighted by atomic mass is 79.9. The van der Waals surface area contributed by atoms with Gasteiger partial charge in [0.05, 0.1) is 36.5 Å². The van der Waals surface area contributed by atoms with Crippen LogP contribution in [-0.4, -0.2) is 73.2 Å². The smallest absolute Gasteiger partial charge is 0.255 e. The largest absolute Gasteiger partial charge is 0.375 e. The number of carbonyl (C=O) groups excluding carboxylic acids is 2. The number of rotatable bonds is 2. The van der Waals surface area contributed by atoms with Crippen molar-refractivity contribution in [2.24, 2.45) is 0 Å². The number of ether oxygens (including phenoxy) is 2. The molecule has 26 heavy (non-hydrogen) atoms. The molecule has 8 heteroatoms. The molecule has 1 aromatic carbocycles. The van der Waals surface area contributed by atoms with Crippen molar-refractivity contribution in [3.05, 3.63) is 32.2 Å². The second kappa shape index (κ2) is 8.37. The van der Waals surface area contributed by atoms with Crippen molar-refractivity contribution in [2.45, 2.75) is 26.1 Å². The molecular formula is C18H22Br2N2O4. The number of hydrogen-bond acceptors (Lipinski definition) is 4. The van der Waals surface area contributed by atoms with Crippen LogP contribution in [0.3, 0.4) is 0 Å². The number of carbonyl (C=O) groups is 2. The minimum atomic E-state index is -0.0632. The van der Waals surface area contributed by atoms with Crippen molar-refractivity contribution in [3.63, 3.8) is 0 Å². The fourth-order valence-electron chi connectivity index (χ4n) is 3.22. The molecule has 1 aromatic rings. The zero-order chi connectivity index (χ0) is 18.8. The minimum absolute atomic E-state index is 0.0269.